The lowest BCUT2D eigenvalue weighted by atomic mass is 10.2. The number of allylic oxidation sites excluding steroid dienone is 1. The third-order valence-corrected chi connectivity index (χ3v) is 2.07. The Morgan fingerprint density at radius 3 is 2.62 bits per heavy atom. The predicted octanol–water partition coefficient (Wildman–Crippen LogP) is 2.12. The van der Waals surface area contributed by atoms with E-state index in [2.05, 4.69) is 9.72 Å². The Morgan fingerprint density at radius 1 is 1.44 bits per heavy atom. The fraction of sp³-hybridized carbons (Fsp3) is 0.182. The number of aromatic nitrogens is 1. The number of rotatable bonds is 3. The van der Waals surface area contributed by atoms with E-state index in [1.807, 2.05) is 0 Å². The third kappa shape index (κ3) is 3.17. The van der Waals surface area contributed by atoms with Crippen LogP contribution in [0.3, 0.4) is 0 Å². The highest BCUT2D eigenvalue weighted by molar-refractivity contribution is 6.31. The average Bonchev–Trinajstić information content (AvgIpc) is 2.26. The molecule has 0 radical (unpaired) electrons. The second-order valence-corrected chi connectivity index (χ2v) is 3.37. The summed E-state index contributed by atoms with van der Waals surface area (Å²) in [6.45, 7) is 1.43. The molecule has 0 aliphatic carbocycles. The fourth-order valence-electron chi connectivity index (χ4n) is 0.995. The molecule has 0 spiro atoms. The zero-order chi connectivity index (χ0) is 12.1. The summed E-state index contributed by atoms with van der Waals surface area (Å²) in [5.41, 5.74) is 0.706. The molecular weight excluding hydrogens is 230 g/mol. The average molecular weight is 240 g/mol. The molecule has 0 aromatic carbocycles. The maximum atomic E-state index is 11.1. The molecule has 0 aliphatic rings. The minimum atomic E-state index is -0.552. The number of hydrogen-bond acceptors (Lipinski definition) is 4. The van der Waals surface area contributed by atoms with E-state index < -0.39 is 5.97 Å². The normalized spacial score (nSPS) is 10.4. The molecule has 0 saturated heterocycles. The second-order valence-electron chi connectivity index (χ2n) is 3.01. The van der Waals surface area contributed by atoms with E-state index in [-0.39, 0.29) is 16.6 Å². The number of hydrogen-bond donors (Lipinski definition) is 0. The van der Waals surface area contributed by atoms with Gasteiger partial charge in [0.25, 0.3) is 0 Å². The van der Waals surface area contributed by atoms with Gasteiger partial charge in [0.05, 0.1) is 7.11 Å². The minimum absolute atomic E-state index is 0.0897. The van der Waals surface area contributed by atoms with Gasteiger partial charge in [0, 0.05) is 5.56 Å². The summed E-state index contributed by atoms with van der Waals surface area (Å²) >= 11 is 5.83. The number of halogens is 1. The molecule has 0 bridgehead atoms. The standard InChI is InChI=1S/C11H10ClNO3/c1-7(14)3-4-8-5-6-9(11(15)16-2)13-10(8)12/h3-6H,1-2H3/b4-3+. The second kappa shape index (κ2) is 5.42. The van der Waals surface area contributed by atoms with Gasteiger partial charge in [0.15, 0.2) is 5.78 Å². The van der Waals surface area contributed by atoms with Crippen molar-refractivity contribution in [2.45, 2.75) is 6.92 Å². The molecule has 16 heavy (non-hydrogen) atoms. The van der Waals surface area contributed by atoms with E-state index >= 15 is 0 Å². The molecular formula is C11H10ClNO3. The molecule has 1 heterocycles. The first-order chi connectivity index (χ1) is 7.54. The topological polar surface area (TPSA) is 56.3 Å². The van der Waals surface area contributed by atoms with Crippen molar-refractivity contribution in [3.63, 3.8) is 0 Å². The van der Waals surface area contributed by atoms with E-state index in [4.69, 9.17) is 11.6 Å². The Kier molecular flexibility index (Phi) is 4.19. The highest BCUT2D eigenvalue weighted by Crippen LogP contribution is 2.15. The summed E-state index contributed by atoms with van der Waals surface area (Å²) in [5.74, 6) is -0.642. The SMILES string of the molecule is COC(=O)c1ccc(/C=C/C(C)=O)c(Cl)n1. The highest BCUT2D eigenvalue weighted by Gasteiger charge is 2.09. The van der Waals surface area contributed by atoms with Crippen LogP contribution in [0, 0.1) is 0 Å². The Bertz CT molecular complexity index is 455. The van der Waals surface area contributed by atoms with Gasteiger partial charge in [-0.05, 0) is 31.2 Å². The number of esters is 1. The molecule has 0 unspecified atom stereocenters. The van der Waals surface area contributed by atoms with Crippen molar-refractivity contribution in [3.8, 4) is 0 Å². The summed E-state index contributed by atoms with van der Waals surface area (Å²) in [7, 11) is 1.27. The molecule has 4 nitrogen and oxygen atoms in total. The lowest BCUT2D eigenvalue weighted by molar-refractivity contribution is -0.112. The summed E-state index contributed by atoms with van der Waals surface area (Å²) in [4.78, 5) is 25.7. The molecule has 0 N–H and O–H groups in total. The van der Waals surface area contributed by atoms with Crippen molar-refractivity contribution in [1.82, 2.24) is 4.98 Å². The Hall–Kier alpha value is -1.68. The molecule has 84 valence electrons. The Labute approximate surface area is 97.9 Å². The maximum absolute atomic E-state index is 11.1. The van der Waals surface area contributed by atoms with Gasteiger partial charge < -0.3 is 4.74 Å². The van der Waals surface area contributed by atoms with Crippen molar-refractivity contribution in [1.29, 1.82) is 0 Å². The zero-order valence-corrected chi connectivity index (χ0v) is 9.62. The van der Waals surface area contributed by atoms with Crippen molar-refractivity contribution >= 4 is 29.4 Å². The number of methoxy groups -OCH3 is 1. The molecule has 1 rings (SSSR count). The Morgan fingerprint density at radius 2 is 2.12 bits per heavy atom. The first-order valence-corrected chi connectivity index (χ1v) is 4.86. The molecule has 5 heteroatoms. The van der Waals surface area contributed by atoms with Crippen LogP contribution in [0.25, 0.3) is 6.08 Å². The zero-order valence-electron chi connectivity index (χ0n) is 8.86. The molecule has 0 atom stereocenters. The van der Waals surface area contributed by atoms with Crippen LogP contribution >= 0.6 is 11.6 Å². The van der Waals surface area contributed by atoms with Crippen LogP contribution in [0.15, 0.2) is 18.2 Å². The van der Waals surface area contributed by atoms with Gasteiger partial charge in [-0.25, -0.2) is 9.78 Å². The van der Waals surface area contributed by atoms with Gasteiger partial charge in [-0.15, -0.1) is 0 Å². The van der Waals surface area contributed by atoms with Crippen molar-refractivity contribution in [2.75, 3.05) is 7.11 Å². The molecule has 0 amide bonds. The number of ether oxygens (including phenoxy) is 1. The first-order valence-electron chi connectivity index (χ1n) is 4.48. The smallest absolute Gasteiger partial charge is 0.356 e. The van der Waals surface area contributed by atoms with Crippen LogP contribution in [0.5, 0.6) is 0 Å². The lowest BCUT2D eigenvalue weighted by Gasteiger charge is -2.01. The Balaban J connectivity index is 3.00. The van der Waals surface area contributed by atoms with Gasteiger partial charge >= 0.3 is 5.97 Å². The van der Waals surface area contributed by atoms with Crippen molar-refractivity contribution < 1.29 is 14.3 Å². The van der Waals surface area contributed by atoms with Crippen molar-refractivity contribution in [3.05, 3.63) is 34.6 Å². The molecule has 1 aromatic rings. The van der Waals surface area contributed by atoms with Crippen LogP contribution in [-0.4, -0.2) is 23.8 Å². The van der Waals surface area contributed by atoms with E-state index in [9.17, 15) is 9.59 Å². The van der Waals surface area contributed by atoms with Gasteiger partial charge in [0.2, 0.25) is 0 Å². The number of carbonyl (C=O) groups excluding carboxylic acids is 2. The van der Waals surface area contributed by atoms with Crippen LogP contribution in [0.1, 0.15) is 23.0 Å². The van der Waals surface area contributed by atoms with Crippen LogP contribution < -0.4 is 0 Å². The number of pyridine rings is 1. The van der Waals surface area contributed by atoms with Crippen LogP contribution in [-0.2, 0) is 9.53 Å². The van der Waals surface area contributed by atoms with Gasteiger partial charge in [-0.2, -0.15) is 0 Å². The monoisotopic (exact) mass is 239 g/mol. The summed E-state index contributed by atoms with van der Waals surface area (Å²) in [6, 6.07) is 3.08. The van der Waals surface area contributed by atoms with Crippen LogP contribution in [0.4, 0.5) is 0 Å². The van der Waals surface area contributed by atoms with Crippen molar-refractivity contribution in [2.24, 2.45) is 0 Å². The molecule has 0 fully saturated rings. The highest BCUT2D eigenvalue weighted by atomic mass is 35.5. The van der Waals surface area contributed by atoms with E-state index in [1.165, 1.54) is 26.2 Å². The third-order valence-electron chi connectivity index (χ3n) is 1.77. The summed E-state index contributed by atoms with van der Waals surface area (Å²) < 4.78 is 4.50. The predicted molar refractivity (Wildman–Crippen MR) is 60.3 cm³/mol. The minimum Gasteiger partial charge on any atom is -0.464 e. The first kappa shape index (κ1) is 12.4. The number of carbonyl (C=O) groups is 2. The largest absolute Gasteiger partial charge is 0.464 e. The van der Waals surface area contributed by atoms with Gasteiger partial charge in [-0.1, -0.05) is 11.6 Å². The lowest BCUT2D eigenvalue weighted by Crippen LogP contribution is -2.04. The molecule has 1 aromatic heterocycles. The fourth-order valence-corrected chi connectivity index (χ4v) is 1.21. The van der Waals surface area contributed by atoms with Crippen LogP contribution in [0.2, 0.25) is 5.15 Å². The molecule has 0 saturated carbocycles. The molecule has 0 aliphatic heterocycles. The van der Waals surface area contributed by atoms with E-state index in [0.29, 0.717) is 5.56 Å². The van der Waals surface area contributed by atoms with Gasteiger partial charge in [0.1, 0.15) is 10.8 Å². The number of ketones is 1. The van der Waals surface area contributed by atoms with E-state index in [1.54, 1.807) is 12.1 Å². The van der Waals surface area contributed by atoms with E-state index in [0.717, 1.165) is 0 Å². The number of nitrogens with zero attached hydrogens (tertiary/aromatic N) is 1. The quantitative estimate of drug-likeness (QED) is 0.461. The summed E-state index contributed by atoms with van der Waals surface area (Å²) in [6.07, 6.45) is 2.92. The summed E-state index contributed by atoms with van der Waals surface area (Å²) in [5, 5.41) is 0.153. The van der Waals surface area contributed by atoms with Gasteiger partial charge in [-0.3, -0.25) is 4.79 Å². The maximum Gasteiger partial charge on any atom is 0.356 e.